The number of guanidine groups is 2. The minimum Gasteiger partial charge on any atom is -0.480 e. The molecule has 0 heterocycles. The zero-order chi connectivity index (χ0) is 43.0. The number of carbonyl (C=O) groups is 7. The Balaban J connectivity index is 0.00000392. The number of nitrogens with two attached hydrogens (primary N) is 6. The number of aliphatic imine (C=N–C) groups is 2. The molecular weight excluding hydrogens is 757 g/mol. The Morgan fingerprint density at radius 3 is 1.54 bits per heavy atom. The SMILES string of the molecule is NC(=O)CC[C@H](N)C(=O)N[C@@H](CCCN=C(N)N)C(=O)N[C@@H](Cc1ccccc1)C(=O)N[C@@H](CO)C(=O)N[C@@H](CCCN=C(N)N)C(=O)O.O=C(O)C(F)(F)F. The van der Waals surface area contributed by atoms with Gasteiger partial charge in [0, 0.05) is 25.9 Å². The van der Waals surface area contributed by atoms with E-state index in [4.69, 9.17) is 44.3 Å². The van der Waals surface area contributed by atoms with Gasteiger partial charge in [-0.05, 0) is 37.7 Å². The first-order valence-corrected chi connectivity index (χ1v) is 16.6. The highest BCUT2D eigenvalue weighted by Gasteiger charge is 2.38. The monoisotopic (exact) mass is 806 g/mol. The number of carboxylic acids is 2. The van der Waals surface area contributed by atoms with Crippen LogP contribution in [0.1, 0.15) is 44.1 Å². The van der Waals surface area contributed by atoms with Gasteiger partial charge in [-0.15, -0.1) is 0 Å². The van der Waals surface area contributed by atoms with E-state index in [2.05, 4.69) is 31.3 Å². The first-order chi connectivity index (χ1) is 26.1. The molecule has 314 valence electrons. The summed E-state index contributed by atoms with van der Waals surface area (Å²) in [6, 6.07) is 1.80. The van der Waals surface area contributed by atoms with Crippen molar-refractivity contribution in [2.45, 2.75) is 81.3 Å². The normalized spacial score (nSPS) is 13.4. The molecule has 0 radical (unpaired) electrons. The number of carboxylic acid groups (broad SMARTS) is 2. The predicted octanol–water partition coefficient (Wildman–Crippen LogP) is -4.42. The van der Waals surface area contributed by atoms with Gasteiger partial charge in [-0.3, -0.25) is 34.0 Å². The quantitative estimate of drug-likeness (QED) is 0.0282. The van der Waals surface area contributed by atoms with Crippen LogP contribution in [0.3, 0.4) is 0 Å². The molecule has 0 unspecified atom stereocenters. The number of rotatable bonds is 23. The lowest BCUT2D eigenvalue weighted by molar-refractivity contribution is -0.192. The number of aliphatic carboxylic acids is 2. The van der Waals surface area contributed by atoms with Gasteiger partial charge < -0.3 is 71.0 Å². The topological polar surface area (TPSA) is 409 Å². The van der Waals surface area contributed by atoms with E-state index >= 15 is 0 Å². The van der Waals surface area contributed by atoms with Gasteiger partial charge in [0.2, 0.25) is 29.5 Å². The van der Waals surface area contributed by atoms with Crippen molar-refractivity contribution in [3.05, 3.63) is 35.9 Å². The van der Waals surface area contributed by atoms with Crippen molar-refractivity contribution >= 4 is 53.4 Å². The fraction of sp³-hybridized carbons (Fsp3) is 0.516. The molecule has 1 rings (SSSR count). The third kappa shape index (κ3) is 22.1. The van der Waals surface area contributed by atoms with E-state index in [1.54, 1.807) is 30.3 Å². The van der Waals surface area contributed by atoms with Crippen molar-refractivity contribution < 1.29 is 62.1 Å². The number of hydrogen-bond acceptors (Lipinski definition) is 11. The Bertz CT molecular complexity index is 1530. The number of primary amides is 1. The number of halogens is 3. The number of amides is 5. The molecule has 0 saturated heterocycles. The van der Waals surface area contributed by atoms with Crippen molar-refractivity contribution in [2.75, 3.05) is 19.7 Å². The molecule has 1 aromatic carbocycles. The second-order valence-electron chi connectivity index (χ2n) is 11.8. The molecule has 0 bridgehead atoms. The number of aliphatic hydroxyl groups excluding tert-OH is 1. The fourth-order valence-electron chi connectivity index (χ4n) is 4.31. The third-order valence-corrected chi connectivity index (χ3v) is 7.15. The molecule has 0 fully saturated rings. The summed E-state index contributed by atoms with van der Waals surface area (Å²) >= 11 is 0. The van der Waals surface area contributed by atoms with Crippen LogP contribution in [0.5, 0.6) is 0 Å². The zero-order valence-electron chi connectivity index (χ0n) is 30.0. The van der Waals surface area contributed by atoms with Crippen LogP contribution in [-0.4, -0.2) is 125 Å². The second-order valence-corrected chi connectivity index (χ2v) is 11.8. The maximum absolute atomic E-state index is 13.6. The van der Waals surface area contributed by atoms with E-state index in [1.807, 2.05) is 0 Å². The maximum Gasteiger partial charge on any atom is 0.490 e. The number of carbonyl (C=O) groups excluding carboxylic acids is 5. The molecule has 0 spiro atoms. The molecule has 56 heavy (non-hydrogen) atoms. The Morgan fingerprint density at radius 2 is 1.09 bits per heavy atom. The van der Waals surface area contributed by atoms with Gasteiger partial charge in [0.25, 0.3) is 0 Å². The molecule has 0 aromatic heterocycles. The minimum atomic E-state index is -5.08. The highest BCUT2D eigenvalue weighted by Crippen LogP contribution is 2.13. The van der Waals surface area contributed by atoms with Crippen molar-refractivity contribution in [2.24, 2.45) is 44.4 Å². The van der Waals surface area contributed by atoms with Gasteiger partial charge in [0.1, 0.15) is 24.2 Å². The molecule has 19 N–H and O–H groups in total. The van der Waals surface area contributed by atoms with E-state index < -0.39 is 84.5 Å². The van der Waals surface area contributed by atoms with E-state index in [-0.39, 0.29) is 70.0 Å². The Morgan fingerprint density at radius 1 is 0.661 bits per heavy atom. The summed E-state index contributed by atoms with van der Waals surface area (Å²) in [6.45, 7) is -0.683. The van der Waals surface area contributed by atoms with E-state index in [0.29, 0.717) is 5.56 Å². The zero-order valence-corrected chi connectivity index (χ0v) is 30.0. The Hall–Kier alpha value is -6.24. The fourth-order valence-corrected chi connectivity index (χ4v) is 4.31. The van der Waals surface area contributed by atoms with Crippen molar-refractivity contribution in [1.29, 1.82) is 0 Å². The molecule has 5 atom stereocenters. The molecular formula is C31H49F3N12O10. The van der Waals surface area contributed by atoms with E-state index in [9.17, 15) is 52.2 Å². The van der Waals surface area contributed by atoms with Crippen LogP contribution in [0.25, 0.3) is 0 Å². The van der Waals surface area contributed by atoms with Gasteiger partial charge >= 0.3 is 18.1 Å². The summed E-state index contributed by atoms with van der Waals surface area (Å²) in [6.07, 6.45) is -5.02. The highest BCUT2D eigenvalue weighted by molar-refractivity contribution is 5.95. The van der Waals surface area contributed by atoms with Crippen LogP contribution in [0.2, 0.25) is 0 Å². The average Bonchev–Trinajstić information content (AvgIpc) is 3.11. The molecule has 0 aliphatic heterocycles. The average molecular weight is 807 g/mol. The largest absolute Gasteiger partial charge is 0.490 e. The van der Waals surface area contributed by atoms with Crippen molar-refractivity contribution in [3.8, 4) is 0 Å². The van der Waals surface area contributed by atoms with Crippen molar-refractivity contribution in [3.63, 3.8) is 0 Å². The van der Waals surface area contributed by atoms with Crippen molar-refractivity contribution in [1.82, 2.24) is 21.3 Å². The first-order valence-electron chi connectivity index (χ1n) is 16.6. The van der Waals surface area contributed by atoms with E-state index in [1.165, 1.54) is 0 Å². The second kappa shape index (κ2) is 25.7. The maximum atomic E-state index is 13.6. The number of hydrogen-bond donors (Lipinski definition) is 13. The summed E-state index contributed by atoms with van der Waals surface area (Å²) in [5.41, 5.74) is 32.9. The summed E-state index contributed by atoms with van der Waals surface area (Å²) in [7, 11) is 0. The van der Waals surface area contributed by atoms with Gasteiger partial charge in [-0.2, -0.15) is 13.2 Å². The summed E-state index contributed by atoms with van der Waals surface area (Å²) in [5.74, 6) is -8.59. The van der Waals surface area contributed by atoms with Crippen LogP contribution in [-0.2, 0) is 40.0 Å². The first kappa shape index (κ1) is 49.8. The van der Waals surface area contributed by atoms with Crippen LogP contribution < -0.4 is 55.7 Å². The molecule has 0 saturated carbocycles. The number of nitrogens with zero attached hydrogens (tertiary/aromatic N) is 2. The summed E-state index contributed by atoms with van der Waals surface area (Å²) in [4.78, 5) is 92.2. The third-order valence-electron chi connectivity index (χ3n) is 7.15. The molecule has 25 heteroatoms. The minimum absolute atomic E-state index is 0.0119. The predicted molar refractivity (Wildman–Crippen MR) is 193 cm³/mol. The Kier molecular flexibility index (Phi) is 22.9. The summed E-state index contributed by atoms with van der Waals surface area (Å²) in [5, 5.41) is 36.3. The van der Waals surface area contributed by atoms with Crippen LogP contribution in [0.4, 0.5) is 13.2 Å². The van der Waals surface area contributed by atoms with Gasteiger partial charge in [0.15, 0.2) is 11.9 Å². The summed E-state index contributed by atoms with van der Waals surface area (Å²) < 4.78 is 31.7. The standard InChI is InChI=1S/C29H48N12O8.C2HF3O2/c30-17(10-11-22(31)43)23(44)38-18(8-4-12-36-28(32)33)24(45)40-20(14-16-6-2-1-3-7-16)25(46)41-21(15-42)26(47)39-19(27(48)49)9-5-13-37-29(34)35;3-2(4,5)1(6)7/h1-3,6-7,17-21,42H,4-5,8-15,30H2,(H2,31,43)(H,38,44)(H,39,47)(H,40,45)(H,41,46)(H,48,49)(H4,32,33,36)(H4,34,35,37);(H,6,7)/t17-,18-,19-,20-,21-;/m0./s1. The van der Waals surface area contributed by atoms with Gasteiger partial charge in [-0.1, -0.05) is 30.3 Å². The van der Waals surface area contributed by atoms with E-state index in [0.717, 1.165) is 0 Å². The lowest BCUT2D eigenvalue weighted by Gasteiger charge is -2.26. The molecule has 5 amide bonds. The van der Waals surface area contributed by atoms with Gasteiger partial charge in [0.05, 0.1) is 12.6 Å². The molecule has 0 aliphatic carbocycles. The number of aliphatic hydroxyl groups is 1. The van der Waals surface area contributed by atoms with Crippen LogP contribution in [0.15, 0.2) is 40.3 Å². The number of nitrogens with one attached hydrogen (secondary N) is 4. The smallest absolute Gasteiger partial charge is 0.480 e. The highest BCUT2D eigenvalue weighted by atomic mass is 19.4. The lowest BCUT2D eigenvalue weighted by Crippen LogP contribution is -2.59. The van der Waals surface area contributed by atoms with Gasteiger partial charge in [-0.25, -0.2) is 9.59 Å². The Labute approximate surface area is 318 Å². The van der Waals surface area contributed by atoms with Crippen LogP contribution in [0, 0.1) is 0 Å². The van der Waals surface area contributed by atoms with Crippen LogP contribution >= 0.6 is 0 Å². The molecule has 1 aromatic rings. The molecule has 0 aliphatic rings. The lowest BCUT2D eigenvalue weighted by atomic mass is 10.0. The molecule has 22 nitrogen and oxygen atoms in total. The number of alkyl halides is 3. The number of benzene rings is 1.